The van der Waals surface area contributed by atoms with E-state index in [0.29, 0.717) is 11.3 Å². The molecule has 1 N–H and O–H groups in total. The number of benzene rings is 2. The van der Waals surface area contributed by atoms with Gasteiger partial charge in [0.1, 0.15) is 0 Å². The fraction of sp³-hybridized carbons (Fsp3) is 0.316. The van der Waals surface area contributed by atoms with Gasteiger partial charge in [-0.2, -0.15) is 13.2 Å². The van der Waals surface area contributed by atoms with Crippen molar-refractivity contribution in [3.63, 3.8) is 0 Å². The first-order chi connectivity index (χ1) is 12.0. The molecular weight excluding hydrogens is 348 g/mol. The van der Waals surface area contributed by atoms with Gasteiger partial charge in [-0.1, -0.05) is 23.8 Å². The lowest BCUT2D eigenvalue weighted by Gasteiger charge is -2.18. The molecule has 7 heteroatoms. The van der Waals surface area contributed by atoms with Crippen LogP contribution in [0.15, 0.2) is 30.3 Å². The van der Waals surface area contributed by atoms with Gasteiger partial charge in [-0.25, -0.2) is 4.39 Å². The molecule has 0 bridgehead atoms. The molecule has 0 saturated carbocycles. The average Bonchev–Trinajstić information content (AvgIpc) is 2.50. The number of hydrogen-bond donors (Lipinski definition) is 1. The third-order valence-corrected chi connectivity index (χ3v) is 4.00. The number of nitrogens with one attached hydrogen (secondary N) is 1. The molecule has 0 aromatic heterocycles. The zero-order valence-electron chi connectivity index (χ0n) is 15.0. The summed E-state index contributed by atoms with van der Waals surface area (Å²) in [5.74, 6) is -1.53. The van der Waals surface area contributed by atoms with Crippen LogP contribution in [-0.4, -0.2) is 24.9 Å². The van der Waals surface area contributed by atoms with Crippen LogP contribution in [-0.2, 0) is 17.4 Å². The van der Waals surface area contributed by atoms with Gasteiger partial charge in [0.2, 0.25) is 5.91 Å². The molecule has 2 rings (SSSR count). The van der Waals surface area contributed by atoms with Gasteiger partial charge in [-0.15, -0.1) is 0 Å². The van der Waals surface area contributed by atoms with Crippen LogP contribution in [0, 0.1) is 19.7 Å². The Bertz CT molecular complexity index is 829. The van der Waals surface area contributed by atoms with Crippen LogP contribution < -0.4 is 5.32 Å². The molecule has 3 nitrogen and oxygen atoms in total. The van der Waals surface area contributed by atoms with Gasteiger partial charge in [-0.3, -0.25) is 4.79 Å². The molecule has 0 aliphatic rings. The predicted molar refractivity (Wildman–Crippen MR) is 93.0 cm³/mol. The molecule has 1 amide bonds. The Balaban J connectivity index is 2.45. The van der Waals surface area contributed by atoms with Crippen molar-refractivity contribution in [2.75, 3.05) is 19.4 Å². The molecule has 140 valence electrons. The maximum atomic E-state index is 14.5. The standard InChI is InChI=1S/C19H20F4N2O/c1-11-5-7-14(13(9-11)10-16(26)25(3)4)24-15-8-6-12(2)17(18(15)20)19(21,22)23/h5-9,24H,10H2,1-4H3. The fourth-order valence-electron chi connectivity index (χ4n) is 2.57. The number of anilines is 2. The first-order valence-corrected chi connectivity index (χ1v) is 7.93. The van der Waals surface area contributed by atoms with E-state index in [2.05, 4.69) is 5.32 Å². The SMILES string of the molecule is Cc1ccc(Nc2ccc(C)c(C(F)(F)F)c2F)c(CC(=O)N(C)C)c1. The van der Waals surface area contributed by atoms with Gasteiger partial charge >= 0.3 is 6.18 Å². The zero-order chi connectivity index (χ0) is 19.6. The molecule has 2 aromatic rings. The van der Waals surface area contributed by atoms with E-state index in [4.69, 9.17) is 0 Å². The van der Waals surface area contributed by atoms with Crippen molar-refractivity contribution in [1.82, 2.24) is 4.90 Å². The van der Waals surface area contributed by atoms with Crippen LogP contribution in [0.3, 0.4) is 0 Å². The van der Waals surface area contributed by atoms with Crippen LogP contribution in [0.4, 0.5) is 28.9 Å². The monoisotopic (exact) mass is 368 g/mol. The van der Waals surface area contributed by atoms with Gasteiger partial charge in [-0.05, 0) is 37.1 Å². The minimum absolute atomic E-state index is 0.0522. The molecule has 0 aliphatic carbocycles. The molecule has 0 atom stereocenters. The number of likely N-dealkylation sites (N-methyl/N-ethyl adjacent to an activating group) is 1. The minimum atomic E-state index is -4.79. The van der Waals surface area contributed by atoms with Crippen LogP contribution >= 0.6 is 0 Å². The van der Waals surface area contributed by atoms with Crippen molar-refractivity contribution in [1.29, 1.82) is 0 Å². The number of halogens is 4. The van der Waals surface area contributed by atoms with Crippen molar-refractivity contribution >= 4 is 17.3 Å². The smallest absolute Gasteiger partial charge is 0.353 e. The highest BCUT2D eigenvalue weighted by Crippen LogP contribution is 2.37. The minimum Gasteiger partial charge on any atom is -0.353 e. The number of rotatable bonds is 4. The van der Waals surface area contributed by atoms with Crippen molar-refractivity contribution in [3.8, 4) is 0 Å². The second kappa shape index (κ2) is 7.35. The summed E-state index contributed by atoms with van der Waals surface area (Å²) in [7, 11) is 3.22. The van der Waals surface area contributed by atoms with Gasteiger partial charge in [0.05, 0.1) is 17.7 Å². The van der Waals surface area contributed by atoms with E-state index in [1.54, 1.807) is 32.3 Å². The van der Waals surface area contributed by atoms with Gasteiger partial charge in [0, 0.05) is 19.8 Å². The Kier molecular flexibility index (Phi) is 5.59. The van der Waals surface area contributed by atoms with Crippen molar-refractivity contribution in [2.24, 2.45) is 0 Å². The summed E-state index contributed by atoms with van der Waals surface area (Å²) in [5.41, 5.74) is 0.0923. The molecule has 2 aromatic carbocycles. The number of carbonyl (C=O) groups excluding carboxylic acids is 1. The Morgan fingerprint density at radius 1 is 1.08 bits per heavy atom. The Labute approximate surface area is 149 Å². The molecule has 0 aliphatic heterocycles. The third-order valence-electron chi connectivity index (χ3n) is 4.00. The van der Waals surface area contributed by atoms with E-state index in [1.807, 2.05) is 6.92 Å². The lowest BCUT2D eigenvalue weighted by molar-refractivity contribution is -0.140. The highest BCUT2D eigenvalue weighted by Gasteiger charge is 2.37. The lowest BCUT2D eigenvalue weighted by Crippen LogP contribution is -2.24. The third kappa shape index (κ3) is 4.33. The molecule has 0 radical (unpaired) electrons. The maximum absolute atomic E-state index is 14.5. The molecule has 0 heterocycles. The largest absolute Gasteiger partial charge is 0.419 e. The second-order valence-electron chi connectivity index (χ2n) is 6.37. The Morgan fingerprint density at radius 3 is 2.27 bits per heavy atom. The van der Waals surface area contributed by atoms with E-state index in [0.717, 1.165) is 5.56 Å². The van der Waals surface area contributed by atoms with Gasteiger partial charge in [0.15, 0.2) is 5.82 Å². The summed E-state index contributed by atoms with van der Waals surface area (Å²) in [6.45, 7) is 3.05. The highest BCUT2D eigenvalue weighted by atomic mass is 19.4. The molecule has 0 unspecified atom stereocenters. The molecule has 26 heavy (non-hydrogen) atoms. The summed E-state index contributed by atoms with van der Waals surface area (Å²) in [5, 5.41) is 2.71. The average molecular weight is 368 g/mol. The topological polar surface area (TPSA) is 32.3 Å². The van der Waals surface area contributed by atoms with E-state index < -0.39 is 17.6 Å². The molecular formula is C19H20F4N2O. The first kappa shape index (κ1) is 19.8. The van der Waals surface area contributed by atoms with Crippen LogP contribution in [0.25, 0.3) is 0 Å². The highest BCUT2D eigenvalue weighted by molar-refractivity contribution is 5.81. The number of hydrogen-bond acceptors (Lipinski definition) is 2. The van der Waals surface area contributed by atoms with Gasteiger partial charge < -0.3 is 10.2 Å². The number of aryl methyl sites for hydroxylation is 2. The van der Waals surface area contributed by atoms with Crippen molar-refractivity contribution in [2.45, 2.75) is 26.4 Å². The quantitative estimate of drug-likeness (QED) is 0.784. The summed E-state index contributed by atoms with van der Waals surface area (Å²) in [6.07, 6.45) is -4.74. The number of nitrogens with zero attached hydrogens (tertiary/aromatic N) is 1. The maximum Gasteiger partial charge on any atom is 0.419 e. The summed E-state index contributed by atoms with van der Waals surface area (Å²) in [6, 6.07) is 7.59. The molecule has 0 spiro atoms. The van der Waals surface area contributed by atoms with Crippen LogP contribution in [0.1, 0.15) is 22.3 Å². The predicted octanol–water partition coefficient (Wildman–Crippen LogP) is 4.84. The Hall–Kier alpha value is -2.57. The summed E-state index contributed by atoms with van der Waals surface area (Å²) >= 11 is 0. The van der Waals surface area contributed by atoms with Crippen LogP contribution in [0.5, 0.6) is 0 Å². The number of amides is 1. The first-order valence-electron chi connectivity index (χ1n) is 7.93. The van der Waals surface area contributed by atoms with E-state index >= 15 is 0 Å². The Morgan fingerprint density at radius 2 is 1.69 bits per heavy atom. The van der Waals surface area contributed by atoms with E-state index in [-0.39, 0.29) is 23.6 Å². The van der Waals surface area contributed by atoms with E-state index in [9.17, 15) is 22.4 Å². The normalized spacial score (nSPS) is 11.4. The summed E-state index contributed by atoms with van der Waals surface area (Å²) < 4.78 is 53.8. The lowest BCUT2D eigenvalue weighted by atomic mass is 10.0. The summed E-state index contributed by atoms with van der Waals surface area (Å²) in [4.78, 5) is 13.4. The number of carbonyl (C=O) groups is 1. The van der Waals surface area contributed by atoms with Gasteiger partial charge in [0.25, 0.3) is 0 Å². The van der Waals surface area contributed by atoms with Crippen molar-refractivity contribution in [3.05, 3.63) is 58.4 Å². The van der Waals surface area contributed by atoms with Crippen molar-refractivity contribution < 1.29 is 22.4 Å². The molecule has 0 saturated heterocycles. The fourth-order valence-corrected chi connectivity index (χ4v) is 2.57. The molecule has 0 fully saturated rings. The number of alkyl halides is 3. The van der Waals surface area contributed by atoms with Crippen LogP contribution in [0.2, 0.25) is 0 Å². The second-order valence-corrected chi connectivity index (χ2v) is 6.37. The zero-order valence-corrected chi connectivity index (χ0v) is 15.0. The van der Waals surface area contributed by atoms with E-state index in [1.165, 1.54) is 24.0 Å².